The highest BCUT2D eigenvalue weighted by Gasteiger charge is 2.09. The molecule has 0 heterocycles. The van der Waals surface area contributed by atoms with Gasteiger partial charge in [-0.05, 0) is 74.2 Å². The normalized spacial score (nSPS) is 10.6. The summed E-state index contributed by atoms with van der Waals surface area (Å²) in [7, 11) is 0. The van der Waals surface area contributed by atoms with E-state index >= 15 is 0 Å². The van der Waals surface area contributed by atoms with Crippen molar-refractivity contribution >= 4 is 60.7 Å². The van der Waals surface area contributed by atoms with E-state index in [1.165, 1.54) is 0 Å². The van der Waals surface area contributed by atoms with Crippen LogP contribution in [0.2, 0.25) is 10.0 Å². The van der Waals surface area contributed by atoms with Gasteiger partial charge in [-0.3, -0.25) is 0 Å². The first-order chi connectivity index (χ1) is 10.5. The first-order valence-corrected chi connectivity index (χ1v) is 9.15. The fraction of sp³-hybridized carbons (Fsp3) is 0.250. The van der Waals surface area contributed by atoms with Crippen LogP contribution in [0.25, 0.3) is 0 Å². The van der Waals surface area contributed by atoms with Gasteiger partial charge in [-0.25, -0.2) is 0 Å². The largest absolute Gasteiger partial charge is 0.491 e. The summed E-state index contributed by atoms with van der Waals surface area (Å²) in [5.74, 6) is 0.829. The lowest BCUT2D eigenvalue weighted by atomic mass is 10.2. The van der Waals surface area contributed by atoms with Crippen molar-refractivity contribution in [3.63, 3.8) is 0 Å². The molecule has 0 unspecified atom stereocenters. The topological polar surface area (TPSA) is 21.3 Å². The number of ether oxygens (including phenoxy) is 1. The Balaban J connectivity index is 2.10. The quantitative estimate of drug-likeness (QED) is 0.497. The zero-order valence-corrected chi connectivity index (χ0v) is 16.6. The van der Waals surface area contributed by atoms with Crippen molar-refractivity contribution in [2.24, 2.45) is 0 Å². The maximum absolute atomic E-state index is 6.16. The second-order valence-corrected chi connectivity index (χ2v) is 7.27. The van der Waals surface area contributed by atoms with E-state index in [1.807, 2.05) is 24.3 Å². The number of anilines is 1. The third-order valence-electron chi connectivity index (χ3n) is 2.92. The van der Waals surface area contributed by atoms with Gasteiger partial charge >= 0.3 is 0 Å². The van der Waals surface area contributed by atoms with Gasteiger partial charge in [-0.1, -0.05) is 30.1 Å². The Bertz CT molecular complexity index is 642. The minimum atomic E-state index is 0.605. The molecular formula is C16H15Br2Cl2NO. The molecule has 0 saturated heterocycles. The van der Waals surface area contributed by atoms with Crippen LogP contribution in [-0.4, -0.2) is 6.61 Å². The molecule has 1 N–H and O–H groups in total. The molecule has 0 bridgehead atoms. The molecule has 6 heteroatoms. The van der Waals surface area contributed by atoms with Crippen molar-refractivity contribution < 1.29 is 4.74 Å². The first-order valence-electron chi connectivity index (χ1n) is 6.81. The molecule has 118 valence electrons. The van der Waals surface area contributed by atoms with Crippen molar-refractivity contribution in [3.8, 4) is 5.75 Å². The van der Waals surface area contributed by atoms with E-state index in [2.05, 4.69) is 44.1 Å². The average Bonchev–Trinajstić information content (AvgIpc) is 2.45. The second-order valence-electron chi connectivity index (χ2n) is 4.71. The maximum atomic E-state index is 6.16. The highest BCUT2D eigenvalue weighted by molar-refractivity contribution is 9.11. The van der Waals surface area contributed by atoms with E-state index in [4.69, 9.17) is 27.9 Å². The van der Waals surface area contributed by atoms with Gasteiger partial charge in [-0.15, -0.1) is 0 Å². The minimum absolute atomic E-state index is 0.605. The monoisotopic (exact) mass is 465 g/mol. The minimum Gasteiger partial charge on any atom is -0.491 e. The number of hydrogen-bond donors (Lipinski definition) is 1. The van der Waals surface area contributed by atoms with Gasteiger partial charge in [-0.2, -0.15) is 0 Å². The molecule has 2 aromatic rings. The summed E-state index contributed by atoms with van der Waals surface area (Å²) < 4.78 is 7.57. The summed E-state index contributed by atoms with van der Waals surface area (Å²) in [4.78, 5) is 0. The number of nitrogens with one attached hydrogen (secondary N) is 1. The highest BCUT2D eigenvalue weighted by atomic mass is 79.9. The predicted octanol–water partition coefficient (Wildman–Crippen LogP) is 6.92. The zero-order valence-electron chi connectivity index (χ0n) is 11.9. The maximum Gasteiger partial charge on any atom is 0.147 e. The third kappa shape index (κ3) is 4.79. The summed E-state index contributed by atoms with van der Waals surface area (Å²) in [5, 5.41) is 4.53. The molecule has 0 radical (unpaired) electrons. The van der Waals surface area contributed by atoms with Crippen LogP contribution < -0.4 is 10.1 Å². The smallest absolute Gasteiger partial charge is 0.147 e. The zero-order chi connectivity index (χ0) is 16.1. The molecule has 0 spiro atoms. The van der Waals surface area contributed by atoms with Crippen LogP contribution in [0.4, 0.5) is 5.69 Å². The van der Waals surface area contributed by atoms with Crippen LogP contribution in [-0.2, 0) is 6.54 Å². The summed E-state index contributed by atoms with van der Waals surface area (Å²) in [6, 6.07) is 9.47. The Morgan fingerprint density at radius 1 is 1.09 bits per heavy atom. The van der Waals surface area contributed by atoms with E-state index in [9.17, 15) is 0 Å². The van der Waals surface area contributed by atoms with Gasteiger partial charge in [0.15, 0.2) is 0 Å². The lowest BCUT2D eigenvalue weighted by molar-refractivity contribution is 0.313. The van der Waals surface area contributed by atoms with Gasteiger partial charge in [0.25, 0.3) is 0 Å². The van der Waals surface area contributed by atoms with E-state index in [1.54, 1.807) is 6.07 Å². The Morgan fingerprint density at radius 2 is 1.77 bits per heavy atom. The molecule has 0 fully saturated rings. The summed E-state index contributed by atoms with van der Waals surface area (Å²) in [6.07, 6.45) is 0.969. The van der Waals surface area contributed by atoms with Crippen molar-refractivity contribution in [3.05, 3.63) is 54.9 Å². The van der Waals surface area contributed by atoms with E-state index in [0.717, 1.165) is 32.4 Å². The molecule has 2 rings (SSSR count). The molecule has 0 aromatic heterocycles. The molecule has 0 aliphatic heterocycles. The number of hydrogen-bond acceptors (Lipinski definition) is 2. The Hall–Kier alpha value is -0.420. The lowest BCUT2D eigenvalue weighted by Crippen LogP contribution is -2.02. The van der Waals surface area contributed by atoms with Crippen LogP contribution in [0.5, 0.6) is 5.75 Å². The van der Waals surface area contributed by atoms with Crippen molar-refractivity contribution in [2.75, 3.05) is 11.9 Å². The molecule has 0 amide bonds. The SMILES string of the molecule is CCCOc1c(Br)cc(CNc2ccc(Cl)cc2Cl)cc1Br. The van der Waals surface area contributed by atoms with E-state index in [0.29, 0.717) is 23.2 Å². The van der Waals surface area contributed by atoms with Gasteiger partial charge in [0, 0.05) is 11.6 Å². The van der Waals surface area contributed by atoms with Gasteiger partial charge < -0.3 is 10.1 Å². The van der Waals surface area contributed by atoms with Crippen LogP contribution in [0.15, 0.2) is 39.3 Å². The van der Waals surface area contributed by atoms with Crippen molar-refractivity contribution in [2.45, 2.75) is 19.9 Å². The molecule has 0 aliphatic carbocycles. The fourth-order valence-electron chi connectivity index (χ4n) is 1.89. The van der Waals surface area contributed by atoms with Crippen LogP contribution in [0.1, 0.15) is 18.9 Å². The highest BCUT2D eigenvalue weighted by Crippen LogP contribution is 2.35. The number of halogens is 4. The van der Waals surface area contributed by atoms with Gasteiger partial charge in [0.1, 0.15) is 5.75 Å². The summed E-state index contributed by atoms with van der Waals surface area (Å²) >= 11 is 19.2. The summed E-state index contributed by atoms with van der Waals surface area (Å²) in [5.41, 5.74) is 1.96. The van der Waals surface area contributed by atoms with Crippen LogP contribution in [0, 0.1) is 0 Å². The summed E-state index contributed by atoms with van der Waals surface area (Å²) in [6.45, 7) is 3.41. The number of rotatable bonds is 6. The van der Waals surface area contributed by atoms with Crippen molar-refractivity contribution in [1.82, 2.24) is 0 Å². The molecule has 2 aromatic carbocycles. The average molecular weight is 468 g/mol. The third-order valence-corrected chi connectivity index (χ3v) is 4.65. The molecule has 2 nitrogen and oxygen atoms in total. The molecule has 0 aliphatic rings. The van der Waals surface area contributed by atoms with E-state index < -0.39 is 0 Å². The van der Waals surface area contributed by atoms with Crippen LogP contribution in [0.3, 0.4) is 0 Å². The van der Waals surface area contributed by atoms with Crippen molar-refractivity contribution in [1.29, 1.82) is 0 Å². The molecular weight excluding hydrogens is 453 g/mol. The first kappa shape index (κ1) is 17.9. The fourth-order valence-corrected chi connectivity index (χ4v) is 3.87. The number of benzene rings is 2. The lowest BCUT2D eigenvalue weighted by Gasteiger charge is -2.13. The van der Waals surface area contributed by atoms with Crippen LogP contribution >= 0.6 is 55.1 Å². The molecule has 0 saturated carbocycles. The van der Waals surface area contributed by atoms with Gasteiger partial charge in [0.2, 0.25) is 0 Å². The Morgan fingerprint density at radius 3 is 2.36 bits per heavy atom. The Kier molecular flexibility index (Phi) is 6.87. The van der Waals surface area contributed by atoms with E-state index in [-0.39, 0.29) is 0 Å². The molecule has 0 atom stereocenters. The predicted molar refractivity (Wildman–Crippen MR) is 101 cm³/mol. The van der Waals surface area contributed by atoms with Gasteiger partial charge in [0.05, 0.1) is 26.3 Å². The second kappa shape index (κ2) is 8.44. The standard InChI is InChI=1S/C16H15Br2Cl2NO/c1-2-5-22-16-12(17)6-10(7-13(16)18)9-21-15-4-3-11(19)8-14(15)20/h3-4,6-8,21H,2,5,9H2,1H3. The molecule has 22 heavy (non-hydrogen) atoms. The Labute approximate surface area is 157 Å².